The van der Waals surface area contributed by atoms with Crippen LogP contribution < -0.4 is 5.32 Å². The van der Waals surface area contributed by atoms with Crippen molar-refractivity contribution < 1.29 is 31.1 Å². The Balaban J connectivity index is 2.00. The van der Waals surface area contributed by atoms with Gasteiger partial charge in [0, 0.05) is 5.56 Å². The Morgan fingerprint density at radius 3 is 2.07 bits per heavy atom. The largest absolute Gasteiger partial charge is 0.416 e. The second kappa shape index (κ2) is 6.98. The van der Waals surface area contributed by atoms with Gasteiger partial charge in [0.25, 0.3) is 5.91 Å². The summed E-state index contributed by atoms with van der Waals surface area (Å²) in [6.07, 6.45) is -7.28. The molecule has 0 saturated heterocycles. The molecule has 0 fully saturated rings. The predicted octanol–water partition coefficient (Wildman–Crippen LogP) is 4.56. The van der Waals surface area contributed by atoms with E-state index in [4.69, 9.17) is 0 Å². The fourth-order valence-corrected chi connectivity index (χ4v) is 2.40. The summed E-state index contributed by atoms with van der Waals surface area (Å²) in [6.45, 7) is 0. The minimum Gasteiger partial charge on any atom is -0.320 e. The standard InChI is InChI=1S/C17H10F6N4O/c18-16(19,20)11-7-10(8-12(9-11)17(21,22)23)15(28)25-13-3-1-2-4-14(13)27-6-5-24-26-27/h1-9H,(H,25,28). The van der Waals surface area contributed by atoms with E-state index in [9.17, 15) is 31.1 Å². The highest BCUT2D eigenvalue weighted by molar-refractivity contribution is 6.05. The van der Waals surface area contributed by atoms with Crippen molar-refractivity contribution in [1.82, 2.24) is 15.0 Å². The summed E-state index contributed by atoms with van der Waals surface area (Å²) in [5, 5.41) is 9.65. The summed E-state index contributed by atoms with van der Waals surface area (Å²) in [7, 11) is 0. The van der Waals surface area contributed by atoms with Crippen LogP contribution in [0, 0.1) is 0 Å². The van der Waals surface area contributed by atoms with Gasteiger partial charge in [0.2, 0.25) is 0 Å². The molecule has 0 aliphatic rings. The zero-order chi connectivity index (χ0) is 20.5. The van der Waals surface area contributed by atoms with Crippen molar-refractivity contribution >= 4 is 11.6 Å². The van der Waals surface area contributed by atoms with Crippen LogP contribution >= 0.6 is 0 Å². The van der Waals surface area contributed by atoms with Gasteiger partial charge in [-0.3, -0.25) is 4.79 Å². The van der Waals surface area contributed by atoms with E-state index in [1.54, 1.807) is 6.07 Å². The molecule has 2 aromatic carbocycles. The monoisotopic (exact) mass is 400 g/mol. The van der Waals surface area contributed by atoms with Crippen LogP contribution in [-0.2, 0) is 12.4 Å². The van der Waals surface area contributed by atoms with Crippen LogP contribution in [0.3, 0.4) is 0 Å². The third-order valence-corrected chi connectivity index (χ3v) is 3.67. The number of hydrogen-bond acceptors (Lipinski definition) is 3. The van der Waals surface area contributed by atoms with E-state index in [-0.39, 0.29) is 11.8 Å². The highest BCUT2D eigenvalue weighted by Crippen LogP contribution is 2.36. The fraction of sp³-hybridized carbons (Fsp3) is 0.118. The molecule has 0 bridgehead atoms. The number of nitrogens with zero attached hydrogens (tertiary/aromatic N) is 3. The van der Waals surface area contributed by atoms with Gasteiger partial charge >= 0.3 is 12.4 Å². The minimum atomic E-state index is -5.05. The first-order valence-corrected chi connectivity index (χ1v) is 7.62. The zero-order valence-electron chi connectivity index (χ0n) is 13.7. The van der Waals surface area contributed by atoms with Crippen LogP contribution in [0.2, 0.25) is 0 Å². The van der Waals surface area contributed by atoms with Crippen LogP contribution in [0.25, 0.3) is 5.69 Å². The van der Waals surface area contributed by atoms with Gasteiger partial charge in [-0.15, -0.1) is 5.10 Å². The second-order valence-corrected chi connectivity index (χ2v) is 5.61. The Bertz CT molecular complexity index is 963. The van der Waals surface area contributed by atoms with Gasteiger partial charge in [-0.25, -0.2) is 4.68 Å². The number of carbonyl (C=O) groups excluding carboxylic acids is 1. The molecule has 1 aromatic heterocycles. The minimum absolute atomic E-state index is 0.0415. The lowest BCUT2D eigenvalue weighted by atomic mass is 10.0. The van der Waals surface area contributed by atoms with Gasteiger partial charge < -0.3 is 5.32 Å². The number of hydrogen-bond donors (Lipinski definition) is 1. The number of amides is 1. The average molecular weight is 400 g/mol. The molecule has 1 heterocycles. The van der Waals surface area contributed by atoms with Crippen molar-refractivity contribution in [1.29, 1.82) is 0 Å². The number of benzene rings is 2. The molecular weight excluding hydrogens is 390 g/mol. The fourth-order valence-electron chi connectivity index (χ4n) is 2.40. The first-order chi connectivity index (χ1) is 13.1. The van der Waals surface area contributed by atoms with E-state index >= 15 is 0 Å². The van der Waals surface area contributed by atoms with Crippen LogP contribution in [0.1, 0.15) is 21.5 Å². The van der Waals surface area contributed by atoms with Crippen molar-refractivity contribution in [3.8, 4) is 5.69 Å². The summed E-state index contributed by atoms with van der Waals surface area (Å²) in [5.74, 6) is -1.14. The topological polar surface area (TPSA) is 59.8 Å². The van der Waals surface area contributed by atoms with Crippen molar-refractivity contribution in [2.24, 2.45) is 0 Å². The lowest BCUT2D eigenvalue weighted by Gasteiger charge is -2.15. The molecule has 146 valence electrons. The van der Waals surface area contributed by atoms with Gasteiger partial charge in [-0.1, -0.05) is 17.3 Å². The molecule has 0 radical (unpaired) electrons. The quantitative estimate of drug-likeness (QED) is 0.656. The smallest absolute Gasteiger partial charge is 0.320 e. The molecule has 5 nitrogen and oxygen atoms in total. The Kier molecular flexibility index (Phi) is 4.84. The van der Waals surface area contributed by atoms with Gasteiger partial charge in [-0.2, -0.15) is 26.3 Å². The third kappa shape index (κ3) is 4.13. The average Bonchev–Trinajstić information content (AvgIpc) is 3.14. The van der Waals surface area contributed by atoms with Crippen LogP contribution in [0.5, 0.6) is 0 Å². The van der Waals surface area contributed by atoms with E-state index < -0.39 is 35.0 Å². The van der Waals surface area contributed by atoms with E-state index in [0.717, 1.165) is 0 Å². The SMILES string of the molecule is O=C(Nc1ccccc1-n1ccnn1)c1cc(C(F)(F)F)cc(C(F)(F)F)c1. The molecule has 3 aromatic rings. The van der Waals surface area contributed by atoms with E-state index in [1.807, 2.05) is 0 Å². The lowest BCUT2D eigenvalue weighted by molar-refractivity contribution is -0.143. The lowest BCUT2D eigenvalue weighted by Crippen LogP contribution is -2.18. The van der Waals surface area contributed by atoms with Crippen LogP contribution in [0.4, 0.5) is 32.0 Å². The molecule has 0 aliphatic heterocycles. The number of aromatic nitrogens is 3. The number of anilines is 1. The molecule has 1 amide bonds. The Morgan fingerprint density at radius 1 is 0.929 bits per heavy atom. The molecule has 3 rings (SSSR count). The normalized spacial score (nSPS) is 12.1. The van der Waals surface area contributed by atoms with Crippen LogP contribution in [0.15, 0.2) is 54.9 Å². The summed E-state index contributed by atoms with van der Waals surface area (Å²) >= 11 is 0. The summed E-state index contributed by atoms with van der Waals surface area (Å²) in [4.78, 5) is 12.4. The summed E-state index contributed by atoms with van der Waals surface area (Å²) < 4.78 is 79.0. The number of carbonyl (C=O) groups is 1. The number of rotatable bonds is 3. The zero-order valence-corrected chi connectivity index (χ0v) is 13.7. The maximum Gasteiger partial charge on any atom is 0.416 e. The molecule has 28 heavy (non-hydrogen) atoms. The van der Waals surface area contributed by atoms with Gasteiger partial charge in [0.05, 0.1) is 34.9 Å². The number of alkyl halides is 6. The number of nitrogens with one attached hydrogen (secondary N) is 1. The molecule has 11 heteroatoms. The van der Waals surface area contributed by atoms with Crippen molar-refractivity contribution in [3.63, 3.8) is 0 Å². The highest BCUT2D eigenvalue weighted by Gasteiger charge is 2.37. The van der Waals surface area contributed by atoms with E-state index in [1.165, 1.54) is 35.3 Å². The number of para-hydroxylation sites is 2. The van der Waals surface area contributed by atoms with Crippen molar-refractivity contribution in [3.05, 3.63) is 71.5 Å². The van der Waals surface area contributed by atoms with E-state index in [0.29, 0.717) is 17.8 Å². The van der Waals surface area contributed by atoms with Crippen molar-refractivity contribution in [2.75, 3.05) is 5.32 Å². The Labute approximate surface area is 153 Å². The molecular formula is C17H10F6N4O. The first kappa shape index (κ1) is 19.4. The van der Waals surface area contributed by atoms with Gasteiger partial charge in [-0.05, 0) is 30.3 Å². The third-order valence-electron chi connectivity index (χ3n) is 3.67. The summed E-state index contributed by atoms with van der Waals surface area (Å²) in [5.41, 5.74) is -3.47. The maximum absolute atomic E-state index is 13.0. The van der Waals surface area contributed by atoms with Crippen LogP contribution in [-0.4, -0.2) is 20.9 Å². The maximum atomic E-state index is 13.0. The Hall–Kier alpha value is -3.37. The molecule has 1 N–H and O–H groups in total. The second-order valence-electron chi connectivity index (χ2n) is 5.61. The van der Waals surface area contributed by atoms with Gasteiger partial charge in [0.1, 0.15) is 0 Å². The van der Waals surface area contributed by atoms with Crippen molar-refractivity contribution in [2.45, 2.75) is 12.4 Å². The molecule has 0 aliphatic carbocycles. The first-order valence-electron chi connectivity index (χ1n) is 7.62. The van der Waals surface area contributed by atoms with E-state index in [2.05, 4.69) is 15.6 Å². The highest BCUT2D eigenvalue weighted by atomic mass is 19.4. The number of halogens is 6. The summed E-state index contributed by atoms with van der Waals surface area (Å²) in [6, 6.07) is 6.79. The molecule has 0 saturated carbocycles. The molecule has 0 spiro atoms. The predicted molar refractivity (Wildman–Crippen MR) is 85.8 cm³/mol. The molecule has 0 unspecified atom stereocenters. The molecule has 0 atom stereocenters. The van der Waals surface area contributed by atoms with Gasteiger partial charge in [0.15, 0.2) is 0 Å². The Morgan fingerprint density at radius 2 is 1.54 bits per heavy atom.